The second kappa shape index (κ2) is 5.54. The van der Waals surface area contributed by atoms with Crippen LogP contribution < -0.4 is 5.32 Å². The van der Waals surface area contributed by atoms with Crippen LogP contribution in [0.2, 0.25) is 0 Å². The van der Waals surface area contributed by atoms with E-state index in [0.717, 1.165) is 43.2 Å². The summed E-state index contributed by atoms with van der Waals surface area (Å²) in [5.74, 6) is 0.0229. The first-order valence-corrected chi connectivity index (χ1v) is 7.20. The van der Waals surface area contributed by atoms with Crippen molar-refractivity contribution in [3.8, 4) is 10.6 Å². The molecule has 0 aliphatic carbocycles. The molecule has 1 amide bonds. The molecule has 3 heterocycles. The van der Waals surface area contributed by atoms with E-state index < -0.39 is 0 Å². The van der Waals surface area contributed by atoms with Gasteiger partial charge in [0.25, 0.3) is 5.91 Å². The maximum absolute atomic E-state index is 12.4. The van der Waals surface area contributed by atoms with Crippen molar-refractivity contribution in [2.24, 2.45) is 0 Å². The van der Waals surface area contributed by atoms with Gasteiger partial charge in [0.15, 0.2) is 0 Å². The molecule has 1 fully saturated rings. The van der Waals surface area contributed by atoms with Crippen LogP contribution in [0.15, 0.2) is 28.4 Å². The Hall–Kier alpha value is -1.66. The first-order chi connectivity index (χ1) is 9.34. The van der Waals surface area contributed by atoms with E-state index in [1.54, 1.807) is 12.5 Å². The lowest BCUT2D eigenvalue weighted by molar-refractivity contribution is 0.0761. The van der Waals surface area contributed by atoms with Crippen molar-refractivity contribution in [1.29, 1.82) is 0 Å². The molecule has 100 valence electrons. The summed E-state index contributed by atoms with van der Waals surface area (Å²) in [7, 11) is 0. The number of hydrogen-bond acceptors (Lipinski definition) is 5. The highest BCUT2D eigenvalue weighted by Crippen LogP contribution is 2.24. The zero-order chi connectivity index (χ0) is 13.1. The van der Waals surface area contributed by atoms with Gasteiger partial charge < -0.3 is 14.6 Å². The SMILES string of the molecule is O=C(c1csc(-c2ccoc2)n1)N1CCCNCC1. The van der Waals surface area contributed by atoms with Crippen molar-refractivity contribution < 1.29 is 9.21 Å². The standard InChI is InChI=1S/C13H15N3O2S/c17-13(16-5-1-3-14-4-6-16)11-9-19-12(15-11)10-2-7-18-8-10/h2,7-9,14H,1,3-6H2. The number of carbonyl (C=O) groups excluding carboxylic acids is 1. The second-order valence-electron chi connectivity index (χ2n) is 4.45. The molecule has 3 rings (SSSR count). The molecule has 5 nitrogen and oxygen atoms in total. The average molecular weight is 277 g/mol. The van der Waals surface area contributed by atoms with Crippen LogP contribution in [0.1, 0.15) is 16.9 Å². The number of furan rings is 1. The molecule has 2 aromatic heterocycles. The van der Waals surface area contributed by atoms with Crippen LogP contribution in [-0.4, -0.2) is 42.0 Å². The molecule has 0 unspecified atom stereocenters. The molecule has 0 radical (unpaired) electrons. The van der Waals surface area contributed by atoms with E-state index in [4.69, 9.17) is 4.42 Å². The van der Waals surface area contributed by atoms with Gasteiger partial charge in [0.2, 0.25) is 0 Å². The van der Waals surface area contributed by atoms with Crippen LogP contribution in [-0.2, 0) is 0 Å². The van der Waals surface area contributed by atoms with E-state index in [1.165, 1.54) is 11.3 Å². The highest BCUT2D eigenvalue weighted by Gasteiger charge is 2.20. The number of hydrogen-bond donors (Lipinski definition) is 1. The Balaban J connectivity index is 1.76. The molecule has 1 saturated heterocycles. The van der Waals surface area contributed by atoms with Gasteiger partial charge in [0.05, 0.1) is 6.26 Å². The van der Waals surface area contributed by atoms with Crippen LogP contribution in [0, 0.1) is 0 Å². The summed E-state index contributed by atoms with van der Waals surface area (Å²) in [6.07, 6.45) is 4.24. The van der Waals surface area contributed by atoms with Crippen molar-refractivity contribution in [2.75, 3.05) is 26.2 Å². The Morgan fingerprint density at radius 1 is 1.42 bits per heavy atom. The fourth-order valence-electron chi connectivity index (χ4n) is 2.10. The first-order valence-electron chi connectivity index (χ1n) is 6.33. The fourth-order valence-corrected chi connectivity index (χ4v) is 2.88. The molecule has 6 heteroatoms. The molecule has 1 N–H and O–H groups in total. The van der Waals surface area contributed by atoms with Crippen LogP contribution in [0.5, 0.6) is 0 Å². The molecular weight excluding hydrogens is 262 g/mol. The van der Waals surface area contributed by atoms with E-state index in [2.05, 4.69) is 10.3 Å². The Bertz CT molecular complexity index is 542. The number of nitrogens with one attached hydrogen (secondary N) is 1. The fraction of sp³-hybridized carbons (Fsp3) is 0.385. The number of rotatable bonds is 2. The number of amides is 1. The van der Waals surface area contributed by atoms with E-state index in [9.17, 15) is 4.79 Å². The lowest BCUT2D eigenvalue weighted by Gasteiger charge is -2.18. The molecule has 1 aliphatic heterocycles. The summed E-state index contributed by atoms with van der Waals surface area (Å²) < 4.78 is 5.03. The minimum absolute atomic E-state index is 0.0229. The molecule has 0 saturated carbocycles. The number of carbonyl (C=O) groups is 1. The maximum Gasteiger partial charge on any atom is 0.273 e. The highest BCUT2D eigenvalue weighted by molar-refractivity contribution is 7.13. The minimum atomic E-state index is 0.0229. The van der Waals surface area contributed by atoms with Crippen molar-refractivity contribution in [3.63, 3.8) is 0 Å². The summed E-state index contributed by atoms with van der Waals surface area (Å²) in [5, 5.41) is 5.93. The molecule has 2 aromatic rings. The largest absolute Gasteiger partial charge is 0.472 e. The second-order valence-corrected chi connectivity index (χ2v) is 5.30. The molecule has 0 bridgehead atoms. The van der Waals surface area contributed by atoms with E-state index in [0.29, 0.717) is 5.69 Å². The average Bonchev–Trinajstić information content (AvgIpc) is 3.04. The van der Waals surface area contributed by atoms with Gasteiger partial charge in [-0.3, -0.25) is 4.79 Å². The Kier molecular flexibility index (Phi) is 3.61. The third-order valence-corrected chi connectivity index (χ3v) is 4.01. The van der Waals surface area contributed by atoms with Crippen molar-refractivity contribution >= 4 is 17.2 Å². The van der Waals surface area contributed by atoms with Gasteiger partial charge in [0.1, 0.15) is 17.0 Å². The Morgan fingerprint density at radius 2 is 2.37 bits per heavy atom. The van der Waals surface area contributed by atoms with Crippen LogP contribution in [0.25, 0.3) is 10.6 Å². The third kappa shape index (κ3) is 2.69. The minimum Gasteiger partial charge on any atom is -0.472 e. The van der Waals surface area contributed by atoms with E-state index in [-0.39, 0.29) is 5.91 Å². The third-order valence-electron chi connectivity index (χ3n) is 3.12. The van der Waals surface area contributed by atoms with Crippen molar-refractivity contribution in [1.82, 2.24) is 15.2 Å². The van der Waals surface area contributed by atoms with Crippen molar-refractivity contribution in [2.45, 2.75) is 6.42 Å². The summed E-state index contributed by atoms with van der Waals surface area (Å²) in [6.45, 7) is 3.37. The number of aromatic nitrogens is 1. The normalized spacial score (nSPS) is 16.3. The quantitative estimate of drug-likeness (QED) is 0.910. The topological polar surface area (TPSA) is 58.4 Å². The van der Waals surface area contributed by atoms with Gasteiger partial charge in [-0.05, 0) is 19.0 Å². The highest BCUT2D eigenvalue weighted by atomic mass is 32.1. The van der Waals surface area contributed by atoms with Gasteiger partial charge in [-0.1, -0.05) is 0 Å². The van der Waals surface area contributed by atoms with Crippen LogP contribution in [0.3, 0.4) is 0 Å². The molecule has 0 atom stereocenters. The van der Waals surface area contributed by atoms with E-state index in [1.807, 2.05) is 16.3 Å². The van der Waals surface area contributed by atoms with Gasteiger partial charge in [-0.2, -0.15) is 0 Å². The van der Waals surface area contributed by atoms with Crippen LogP contribution >= 0.6 is 11.3 Å². The van der Waals surface area contributed by atoms with Crippen molar-refractivity contribution in [3.05, 3.63) is 29.7 Å². The maximum atomic E-state index is 12.4. The Labute approximate surface area is 115 Å². The lowest BCUT2D eigenvalue weighted by atomic mass is 10.3. The zero-order valence-corrected chi connectivity index (χ0v) is 11.3. The van der Waals surface area contributed by atoms with Gasteiger partial charge in [0, 0.05) is 30.6 Å². The first kappa shape index (κ1) is 12.4. The zero-order valence-electron chi connectivity index (χ0n) is 10.5. The Morgan fingerprint density at radius 3 is 3.21 bits per heavy atom. The predicted molar refractivity (Wildman–Crippen MR) is 73.2 cm³/mol. The number of thiazole rings is 1. The van der Waals surface area contributed by atoms with Gasteiger partial charge in [-0.15, -0.1) is 11.3 Å². The van der Waals surface area contributed by atoms with E-state index >= 15 is 0 Å². The molecule has 1 aliphatic rings. The predicted octanol–water partition coefficient (Wildman–Crippen LogP) is 1.84. The monoisotopic (exact) mass is 277 g/mol. The molecule has 0 spiro atoms. The van der Waals surface area contributed by atoms with Crippen LogP contribution in [0.4, 0.5) is 0 Å². The lowest BCUT2D eigenvalue weighted by Crippen LogP contribution is -2.34. The number of nitrogens with zero attached hydrogens (tertiary/aromatic N) is 2. The molecular formula is C13H15N3O2S. The summed E-state index contributed by atoms with van der Waals surface area (Å²) in [6, 6.07) is 1.85. The smallest absolute Gasteiger partial charge is 0.273 e. The van der Waals surface area contributed by atoms with Gasteiger partial charge >= 0.3 is 0 Å². The summed E-state index contributed by atoms with van der Waals surface area (Å²) in [4.78, 5) is 18.6. The molecule has 0 aromatic carbocycles. The molecule has 19 heavy (non-hydrogen) atoms. The summed E-state index contributed by atoms with van der Waals surface area (Å²) >= 11 is 1.47. The summed E-state index contributed by atoms with van der Waals surface area (Å²) in [5.41, 5.74) is 1.45. The van der Waals surface area contributed by atoms with Gasteiger partial charge in [-0.25, -0.2) is 4.98 Å².